The van der Waals surface area contributed by atoms with E-state index in [9.17, 15) is 4.79 Å². The molecule has 14 heavy (non-hydrogen) atoms. The van der Waals surface area contributed by atoms with Crippen molar-refractivity contribution in [2.75, 3.05) is 0 Å². The Morgan fingerprint density at radius 2 is 2.50 bits per heavy atom. The van der Waals surface area contributed by atoms with Crippen LogP contribution in [0.1, 0.15) is 9.67 Å². The van der Waals surface area contributed by atoms with E-state index in [-0.39, 0.29) is 5.78 Å². The Balaban J connectivity index is 2.09. The van der Waals surface area contributed by atoms with Gasteiger partial charge in [0.1, 0.15) is 6.54 Å². The molecule has 0 radical (unpaired) electrons. The largest absolute Gasteiger partial charge is 0.291 e. The number of hydrogen-bond donors (Lipinski definition) is 0. The van der Waals surface area contributed by atoms with E-state index in [1.54, 1.807) is 10.9 Å². The third-order valence-corrected chi connectivity index (χ3v) is 3.17. The summed E-state index contributed by atoms with van der Waals surface area (Å²) < 4.78 is 2.70. The maximum absolute atomic E-state index is 11.6. The fourth-order valence-corrected chi connectivity index (χ4v) is 2.19. The van der Waals surface area contributed by atoms with Crippen LogP contribution in [0.3, 0.4) is 0 Å². The first-order valence-electron chi connectivity index (χ1n) is 4.00. The van der Waals surface area contributed by atoms with Crippen molar-refractivity contribution in [3.8, 4) is 0 Å². The number of nitrogens with zero attached hydrogens (tertiary/aromatic N) is 2. The zero-order valence-electron chi connectivity index (χ0n) is 7.18. The third-order valence-electron chi connectivity index (χ3n) is 1.70. The van der Waals surface area contributed by atoms with Crippen LogP contribution in [0.25, 0.3) is 0 Å². The maximum atomic E-state index is 11.6. The SMILES string of the molecule is O=C(Cn1cc(I)cn1)c1cccs1. The summed E-state index contributed by atoms with van der Waals surface area (Å²) in [6.07, 6.45) is 3.59. The van der Waals surface area contributed by atoms with Crippen LogP contribution in [0.2, 0.25) is 0 Å². The van der Waals surface area contributed by atoms with Crippen LogP contribution in [0.5, 0.6) is 0 Å². The Kier molecular flexibility index (Phi) is 2.97. The topological polar surface area (TPSA) is 34.9 Å². The highest BCUT2D eigenvalue weighted by atomic mass is 127. The van der Waals surface area contributed by atoms with Crippen molar-refractivity contribution in [2.45, 2.75) is 6.54 Å². The highest BCUT2D eigenvalue weighted by molar-refractivity contribution is 14.1. The smallest absolute Gasteiger partial charge is 0.194 e. The van der Waals surface area contributed by atoms with Gasteiger partial charge in [-0.3, -0.25) is 9.48 Å². The number of Topliss-reactive ketones (excluding diaryl/α,β-unsaturated/α-hetero) is 1. The van der Waals surface area contributed by atoms with Crippen molar-refractivity contribution < 1.29 is 4.79 Å². The summed E-state index contributed by atoms with van der Waals surface area (Å²) >= 11 is 3.63. The summed E-state index contributed by atoms with van der Waals surface area (Å²) in [4.78, 5) is 12.4. The number of halogens is 1. The first kappa shape index (κ1) is 9.85. The molecule has 0 aliphatic carbocycles. The van der Waals surface area contributed by atoms with Crippen LogP contribution in [0.4, 0.5) is 0 Å². The number of carbonyl (C=O) groups is 1. The quantitative estimate of drug-likeness (QED) is 0.643. The molecule has 0 saturated carbocycles. The Morgan fingerprint density at radius 3 is 3.07 bits per heavy atom. The Labute approximate surface area is 98.9 Å². The molecule has 2 rings (SSSR count). The molecule has 0 amide bonds. The first-order valence-corrected chi connectivity index (χ1v) is 5.96. The lowest BCUT2D eigenvalue weighted by Gasteiger charge is -1.97. The molecule has 0 aliphatic rings. The number of thiophene rings is 1. The van der Waals surface area contributed by atoms with Gasteiger partial charge in [0.05, 0.1) is 14.6 Å². The Hall–Kier alpha value is -0.690. The van der Waals surface area contributed by atoms with Crippen molar-refractivity contribution in [1.29, 1.82) is 0 Å². The van der Waals surface area contributed by atoms with Gasteiger partial charge < -0.3 is 0 Å². The van der Waals surface area contributed by atoms with Crippen LogP contribution in [0, 0.1) is 3.57 Å². The standard InChI is InChI=1S/C9H7IN2OS/c10-7-4-11-12(5-7)6-8(13)9-2-1-3-14-9/h1-5H,6H2. The molecular formula is C9H7IN2OS. The van der Waals surface area contributed by atoms with Gasteiger partial charge in [-0.1, -0.05) is 6.07 Å². The van der Waals surface area contributed by atoms with Gasteiger partial charge in [0.2, 0.25) is 0 Å². The minimum Gasteiger partial charge on any atom is -0.291 e. The van der Waals surface area contributed by atoms with E-state index < -0.39 is 0 Å². The van der Waals surface area contributed by atoms with Crippen LogP contribution in [-0.4, -0.2) is 15.6 Å². The first-order chi connectivity index (χ1) is 6.75. The fourth-order valence-electron chi connectivity index (χ4n) is 1.09. The van der Waals surface area contributed by atoms with Crippen molar-refractivity contribution in [3.05, 3.63) is 38.4 Å². The lowest BCUT2D eigenvalue weighted by molar-refractivity contribution is 0.0971. The van der Waals surface area contributed by atoms with E-state index in [1.165, 1.54) is 11.3 Å². The summed E-state index contributed by atoms with van der Waals surface area (Å²) in [7, 11) is 0. The second kappa shape index (κ2) is 4.22. The van der Waals surface area contributed by atoms with Crippen molar-refractivity contribution in [1.82, 2.24) is 9.78 Å². The monoisotopic (exact) mass is 318 g/mol. The predicted octanol–water partition coefficient (Wildman–Crippen LogP) is 2.43. The molecule has 0 atom stereocenters. The van der Waals surface area contributed by atoms with Gasteiger partial charge in [0.15, 0.2) is 5.78 Å². The molecule has 2 aromatic rings. The second-order valence-electron chi connectivity index (χ2n) is 2.76. The van der Waals surface area contributed by atoms with Crippen LogP contribution >= 0.6 is 33.9 Å². The van der Waals surface area contributed by atoms with Gasteiger partial charge in [-0.25, -0.2) is 0 Å². The molecule has 0 unspecified atom stereocenters. The number of ketones is 1. The van der Waals surface area contributed by atoms with Gasteiger partial charge in [-0.05, 0) is 34.0 Å². The molecule has 5 heteroatoms. The molecule has 0 aromatic carbocycles. The average molecular weight is 318 g/mol. The minimum absolute atomic E-state index is 0.111. The molecule has 2 aromatic heterocycles. The van der Waals surface area contributed by atoms with Crippen LogP contribution in [-0.2, 0) is 6.54 Å². The molecule has 2 heterocycles. The van der Waals surface area contributed by atoms with Crippen molar-refractivity contribution >= 4 is 39.7 Å². The summed E-state index contributed by atoms with van der Waals surface area (Å²) in [5.41, 5.74) is 0. The molecule has 0 N–H and O–H groups in total. The molecule has 0 spiro atoms. The molecule has 3 nitrogen and oxygen atoms in total. The number of hydrogen-bond acceptors (Lipinski definition) is 3. The fraction of sp³-hybridized carbons (Fsp3) is 0.111. The van der Waals surface area contributed by atoms with E-state index >= 15 is 0 Å². The van der Waals surface area contributed by atoms with Crippen molar-refractivity contribution in [2.24, 2.45) is 0 Å². The van der Waals surface area contributed by atoms with Crippen LogP contribution in [0.15, 0.2) is 29.9 Å². The summed E-state index contributed by atoms with van der Waals surface area (Å²) in [5, 5.41) is 5.96. The summed E-state index contributed by atoms with van der Waals surface area (Å²) in [6, 6.07) is 3.71. The number of carbonyl (C=O) groups excluding carboxylic acids is 1. The van der Waals surface area contributed by atoms with Crippen molar-refractivity contribution in [3.63, 3.8) is 0 Å². The van der Waals surface area contributed by atoms with E-state index in [4.69, 9.17) is 0 Å². The van der Waals surface area contributed by atoms with Gasteiger partial charge in [0, 0.05) is 6.20 Å². The van der Waals surface area contributed by atoms with Gasteiger partial charge >= 0.3 is 0 Å². The average Bonchev–Trinajstić information content (AvgIpc) is 2.75. The van der Waals surface area contributed by atoms with Gasteiger partial charge in [-0.2, -0.15) is 5.10 Å². The lowest BCUT2D eigenvalue weighted by atomic mass is 10.3. The van der Waals surface area contributed by atoms with Gasteiger partial charge in [-0.15, -0.1) is 11.3 Å². The highest BCUT2D eigenvalue weighted by Crippen LogP contribution is 2.10. The molecule has 72 valence electrons. The second-order valence-corrected chi connectivity index (χ2v) is 4.95. The Bertz CT molecular complexity index is 435. The van der Waals surface area contributed by atoms with Crippen LogP contribution < -0.4 is 0 Å². The maximum Gasteiger partial charge on any atom is 0.194 e. The van der Waals surface area contributed by atoms with E-state index in [2.05, 4.69) is 27.7 Å². The summed E-state index contributed by atoms with van der Waals surface area (Å²) in [6.45, 7) is 0.323. The molecular weight excluding hydrogens is 311 g/mol. The zero-order chi connectivity index (χ0) is 9.97. The highest BCUT2D eigenvalue weighted by Gasteiger charge is 2.07. The molecule has 0 saturated heterocycles. The zero-order valence-corrected chi connectivity index (χ0v) is 10.2. The summed E-state index contributed by atoms with van der Waals surface area (Å²) in [5.74, 6) is 0.111. The van der Waals surface area contributed by atoms with E-state index in [0.29, 0.717) is 6.54 Å². The molecule has 0 fully saturated rings. The molecule has 0 bridgehead atoms. The number of aromatic nitrogens is 2. The minimum atomic E-state index is 0.111. The third kappa shape index (κ3) is 2.21. The van der Waals surface area contributed by atoms with Gasteiger partial charge in [0.25, 0.3) is 0 Å². The van der Waals surface area contributed by atoms with E-state index in [0.717, 1.165) is 8.45 Å². The normalized spacial score (nSPS) is 10.4. The van der Waals surface area contributed by atoms with E-state index in [1.807, 2.05) is 23.7 Å². The predicted molar refractivity (Wildman–Crippen MR) is 63.6 cm³/mol. The molecule has 0 aliphatic heterocycles. The Morgan fingerprint density at radius 1 is 1.64 bits per heavy atom. The number of rotatable bonds is 3. The lowest BCUT2D eigenvalue weighted by Crippen LogP contribution is -2.09.